The van der Waals surface area contributed by atoms with Crippen molar-refractivity contribution < 1.29 is 4.74 Å². The average molecular weight is 422 g/mol. The molecule has 1 fully saturated rings. The highest BCUT2D eigenvalue weighted by molar-refractivity contribution is 7.14. The van der Waals surface area contributed by atoms with E-state index < -0.39 is 0 Å². The molecule has 5 rings (SSSR count). The maximum absolute atomic E-state index is 6.19. The average Bonchev–Trinajstić information content (AvgIpc) is 3.41. The number of anilines is 2. The van der Waals surface area contributed by atoms with Crippen LogP contribution in [0, 0.1) is 0 Å². The van der Waals surface area contributed by atoms with Crippen LogP contribution in [0.2, 0.25) is 0 Å². The molecule has 1 aliphatic rings. The van der Waals surface area contributed by atoms with Crippen LogP contribution < -0.4 is 15.4 Å². The minimum Gasteiger partial charge on any atom is -0.497 e. The zero-order chi connectivity index (χ0) is 20.7. The van der Waals surface area contributed by atoms with Gasteiger partial charge < -0.3 is 25.3 Å². The van der Waals surface area contributed by atoms with Gasteiger partial charge in [-0.25, -0.2) is 15.0 Å². The summed E-state index contributed by atoms with van der Waals surface area (Å²) in [5.41, 5.74) is 10.5. The monoisotopic (exact) mass is 421 g/mol. The van der Waals surface area contributed by atoms with Crippen molar-refractivity contribution in [2.24, 2.45) is 0 Å². The van der Waals surface area contributed by atoms with Crippen molar-refractivity contribution in [3.63, 3.8) is 0 Å². The molecule has 0 saturated carbocycles. The summed E-state index contributed by atoms with van der Waals surface area (Å²) in [4.78, 5) is 21.9. The number of ether oxygens (including phenoxy) is 1. The molecule has 0 aliphatic carbocycles. The first-order valence-corrected chi connectivity index (χ1v) is 10.7. The Balaban J connectivity index is 1.47. The number of hydrogen-bond donors (Lipinski definition) is 2. The second-order valence-corrected chi connectivity index (χ2v) is 8.27. The molecule has 9 heteroatoms. The van der Waals surface area contributed by atoms with E-state index in [4.69, 9.17) is 15.5 Å². The van der Waals surface area contributed by atoms with E-state index in [1.54, 1.807) is 24.6 Å². The molecule has 0 atom stereocenters. The SMILES string of the molecule is COc1ccc2nc(-c3cc(-c4csc(N5CCN(C)CC5)n4)cnc3N)[nH]c2c1. The predicted octanol–water partition coefficient (Wildman–Crippen LogP) is 3.09. The van der Waals surface area contributed by atoms with Crippen LogP contribution in [0.1, 0.15) is 0 Å². The molecule has 154 valence electrons. The van der Waals surface area contributed by atoms with E-state index >= 15 is 0 Å². The summed E-state index contributed by atoms with van der Waals surface area (Å²) in [6.07, 6.45) is 1.77. The summed E-state index contributed by atoms with van der Waals surface area (Å²) in [6.45, 7) is 4.10. The maximum atomic E-state index is 6.19. The van der Waals surface area contributed by atoms with E-state index in [1.807, 2.05) is 24.3 Å². The number of nitrogens with zero attached hydrogens (tertiary/aromatic N) is 5. The van der Waals surface area contributed by atoms with Crippen LogP contribution in [0.5, 0.6) is 5.75 Å². The molecule has 0 spiro atoms. The number of hydrogen-bond acceptors (Lipinski definition) is 8. The number of rotatable bonds is 4. The van der Waals surface area contributed by atoms with E-state index in [9.17, 15) is 0 Å². The summed E-state index contributed by atoms with van der Waals surface area (Å²) in [5.74, 6) is 1.88. The Morgan fingerprint density at radius 3 is 2.77 bits per heavy atom. The highest BCUT2D eigenvalue weighted by atomic mass is 32.1. The Morgan fingerprint density at radius 1 is 1.13 bits per heavy atom. The summed E-state index contributed by atoms with van der Waals surface area (Å²) in [5, 5.41) is 3.13. The van der Waals surface area contributed by atoms with Crippen molar-refractivity contribution in [1.29, 1.82) is 0 Å². The molecule has 4 aromatic rings. The number of likely N-dealkylation sites (N-methyl/N-ethyl adjacent to an activating group) is 1. The Morgan fingerprint density at radius 2 is 1.97 bits per heavy atom. The number of nitrogens with two attached hydrogens (primary N) is 1. The number of aromatic amines is 1. The summed E-state index contributed by atoms with van der Waals surface area (Å²) >= 11 is 1.67. The number of aromatic nitrogens is 4. The molecule has 1 aromatic carbocycles. The number of nitrogen functional groups attached to an aromatic ring is 1. The van der Waals surface area contributed by atoms with E-state index in [0.29, 0.717) is 11.6 Å². The van der Waals surface area contributed by atoms with Crippen LogP contribution in [-0.2, 0) is 0 Å². The molecule has 0 amide bonds. The third kappa shape index (κ3) is 3.46. The first-order chi connectivity index (χ1) is 14.6. The number of H-pyrrole nitrogens is 1. The number of pyridine rings is 1. The molecule has 0 bridgehead atoms. The van der Waals surface area contributed by atoms with Gasteiger partial charge in [-0.1, -0.05) is 0 Å². The minimum atomic E-state index is 0.430. The number of methoxy groups -OCH3 is 1. The molecule has 0 radical (unpaired) electrons. The first kappa shape index (κ1) is 18.8. The Kier molecular flexibility index (Phi) is 4.76. The number of benzene rings is 1. The van der Waals surface area contributed by atoms with E-state index in [0.717, 1.165) is 64.9 Å². The lowest BCUT2D eigenvalue weighted by atomic mass is 10.1. The van der Waals surface area contributed by atoms with Gasteiger partial charge in [0.25, 0.3) is 0 Å². The molecule has 1 aliphatic heterocycles. The lowest BCUT2D eigenvalue weighted by molar-refractivity contribution is 0.313. The topological polar surface area (TPSA) is 96.2 Å². The molecule has 3 N–H and O–H groups in total. The molecule has 30 heavy (non-hydrogen) atoms. The first-order valence-electron chi connectivity index (χ1n) is 9.80. The van der Waals surface area contributed by atoms with Crippen LogP contribution in [-0.4, -0.2) is 65.2 Å². The van der Waals surface area contributed by atoms with Gasteiger partial charge in [-0.15, -0.1) is 11.3 Å². The smallest absolute Gasteiger partial charge is 0.185 e. The molecule has 0 unspecified atom stereocenters. The largest absolute Gasteiger partial charge is 0.497 e. The van der Waals surface area contributed by atoms with Gasteiger partial charge in [0.15, 0.2) is 5.13 Å². The second-order valence-electron chi connectivity index (χ2n) is 7.43. The van der Waals surface area contributed by atoms with Gasteiger partial charge in [-0.2, -0.15) is 0 Å². The van der Waals surface area contributed by atoms with E-state index in [-0.39, 0.29) is 0 Å². The fourth-order valence-electron chi connectivity index (χ4n) is 3.59. The highest BCUT2D eigenvalue weighted by Crippen LogP contribution is 2.32. The Labute approximate surface area is 178 Å². The fraction of sp³-hybridized carbons (Fsp3) is 0.286. The maximum Gasteiger partial charge on any atom is 0.185 e. The van der Waals surface area contributed by atoms with Gasteiger partial charge in [-0.3, -0.25) is 0 Å². The number of imidazole rings is 1. The van der Waals surface area contributed by atoms with Crippen molar-refractivity contribution in [1.82, 2.24) is 24.8 Å². The summed E-state index contributed by atoms with van der Waals surface area (Å²) < 4.78 is 5.30. The molecular formula is C21H23N7OS. The normalized spacial score (nSPS) is 15.1. The van der Waals surface area contributed by atoms with Crippen LogP contribution >= 0.6 is 11.3 Å². The zero-order valence-electron chi connectivity index (χ0n) is 16.9. The van der Waals surface area contributed by atoms with Gasteiger partial charge >= 0.3 is 0 Å². The zero-order valence-corrected chi connectivity index (χ0v) is 17.7. The van der Waals surface area contributed by atoms with Crippen LogP contribution in [0.3, 0.4) is 0 Å². The molecule has 1 saturated heterocycles. The molecule has 4 heterocycles. The van der Waals surface area contributed by atoms with E-state index in [1.165, 1.54) is 0 Å². The lowest BCUT2D eigenvalue weighted by Crippen LogP contribution is -2.44. The van der Waals surface area contributed by atoms with Gasteiger partial charge in [0, 0.05) is 49.4 Å². The van der Waals surface area contributed by atoms with Crippen molar-refractivity contribution >= 4 is 33.3 Å². The number of thiazole rings is 1. The van der Waals surface area contributed by atoms with Gasteiger partial charge in [0.05, 0.1) is 29.4 Å². The number of nitrogens with one attached hydrogen (secondary N) is 1. The number of fused-ring (bicyclic) bond motifs is 1. The summed E-state index contributed by atoms with van der Waals surface area (Å²) in [7, 11) is 3.80. The van der Waals surface area contributed by atoms with Crippen LogP contribution in [0.25, 0.3) is 33.7 Å². The van der Waals surface area contributed by atoms with Crippen LogP contribution in [0.15, 0.2) is 35.8 Å². The van der Waals surface area contributed by atoms with Crippen LogP contribution in [0.4, 0.5) is 10.9 Å². The Hall–Kier alpha value is -3.17. The quantitative estimate of drug-likeness (QED) is 0.523. The third-order valence-corrected chi connectivity index (χ3v) is 6.33. The second kappa shape index (κ2) is 7.58. The summed E-state index contributed by atoms with van der Waals surface area (Å²) in [6, 6.07) is 7.73. The standard InChI is InChI=1S/C21H23N7OS/c1-27-5-7-28(8-6-27)21-26-18(12-30-21)13-9-15(19(22)23-11-13)20-24-16-4-3-14(29-2)10-17(16)25-20/h3-4,9-12H,5-8H2,1-2H3,(H2,22,23)(H,24,25). The molecule has 8 nitrogen and oxygen atoms in total. The lowest BCUT2D eigenvalue weighted by Gasteiger charge is -2.32. The molecule has 3 aromatic heterocycles. The van der Waals surface area contributed by atoms with E-state index in [2.05, 4.69) is 37.2 Å². The van der Waals surface area contributed by atoms with Crippen molar-refractivity contribution in [3.05, 3.63) is 35.8 Å². The highest BCUT2D eigenvalue weighted by Gasteiger charge is 2.18. The van der Waals surface area contributed by atoms with Crippen molar-refractivity contribution in [2.45, 2.75) is 0 Å². The Bertz CT molecular complexity index is 1190. The van der Waals surface area contributed by atoms with Crippen molar-refractivity contribution in [3.8, 4) is 28.4 Å². The third-order valence-electron chi connectivity index (χ3n) is 5.42. The van der Waals surface area contributed by atoms with Gasteiger partial charge in [0.2, 0.25) is 0 Å². The van der Waals surface area contributed by atoms with Crippen molar-refractivity contribution in [2.75, 3.05) is 51.0 Å². The minimum absolute atomic E-state index is 0.430. The fourth-order valence-corrected chi connectivity index (χ4v) is 4.48. The molecular weight excluding hydrogens is 398 g/mol. The number of piperazine rings is 1. The van der Waals surface area contributed by atoms with Gasteiger partial charge in [-0.05, 0) is 25.2 Å². The predicted molar refractivity (Wildman–Crippen MR) is 121 cm³/mol. The van der Waals surface area contributed by atoms with Gasteiger partial charge in [0.1, 0.15) is 17.4 Å².